The van der Waals surface area contributed by atoms with Gasteiger partial charge in [0.05, 0.1) is 11.9 Å². The first-order chi connectivity index (χ1) is 12.2. The van der Waals surface area contributed by atoms with Gasteiger partial charge in [-0.25, -0.2) is 8.42 Å². The summed E-state index contributed by atoms with van der Waals surface area (Å²) in [6.07, 6.45) is 3.10. The Morgan fingerprint density at radius 3 is 2.65 bits per heavy atom. The van der Waals surface area contributed by atoms with Gasteiger partial charge in [-0.05, 0) is 49.1 Å². The van der Waals surface area contributed by atoms with E-state index >= 15 is 0 Å². The van der Waals surface area contributed by atoms with Crippen molar-refractivity contribution in [3.63, 3.8) is 0 Å². The lowest BCUT2D eigenvalue weighted by Crippen LogP contribution is -2.14. The zero-order valence-corrected chi connectivity index (χ0v) is 16.0. The molecule has 1 aliphatic carbocycles. The Hall–Kier alpha value is -2.28. The molecule has 2 aromatic rings. The summed E-state index contributed by atoms with van der Waals surface area (Å²) < 4.78 is 31.1. The molecule has 0 aliphatic heterocycles. The average molecular weight is 376 g/mol. The standard InChI is InChI=1S/C19H24N2O4S/c1-12-4-5-14(11-17(12)21-26(3,23)24)20-19(22)9-7-15-6-8-18(25-15)16-10-13(16)2/h4-6,8,11,13,16,21H,7,9-10H2,1-3H3,(H,20,22). The van der Waals surface area contributed by atoms with Crippen LogP contribution in [0.1, 0.15) is 42.8 Å². The molecule has 7 heteroatoms. The van der Waals surface area contributed by atoms with Crippen molar-refractivity contribution in [2.45, 2.75) is 39.0 Å². The molecular formula is C19H24N2O4S. The van der Waals surface area contributed by atoms with Gasteiger partial charge in [0.15, 0.2) is 0 Å². The summed E-state index contributed by atoms with van der Waals surface area (Å²) in [4.78, 5) is 12.2. The van der Waals surface area contributed by atoms with Gasteiger partial charge in [0.25, 0.3) is 0 Å². The number of carbonyl (C=O) groups excluding carboxylic acids is 1. The molecule has 26 heavy (non-hydrogen) atoms. The molecule has 1 fully saturated rings. The number of hydrogen-bond acceptors (Lipinski definition) is 4. The third-order valence-electron chi connectivity index (χ3n) is 4.57. The number of anilines is 2. The van der Waals surface area contributed by atoms with Gasteiger partial charge < -0.3 is 9.73 Å². The number of furan rings is 1. The largest absolute Gasteiger partial charge is 0.466 e. The van der Waals surface area contributed by atoms with Gasteiger partial charge in [-0.3, -0.25) is 9.52 Å². The molecule has 0 radical (unpaired) electrons. The first kappa shape index (κ1) is 18.5. The molecule has 0 bridgehead atoms. The lowest BCUT2D eigenvalue weighted by Gasteiger charge is -2.11. The lowest BCUT2D eigenvalue weighted by atomic mass is 10.2. The summed E-state index contributed by atoms with van der Waals surface area (Å²) in [5.74, 6) is 2.91. The molecule has 3 rings (SSSR count). The van der Waals surface area contributed by atoms with Crippen LogP contribution in [-0.4, -0.2) is 20.6 Å². The first-order valence-corrected chi connectivity index (χ1v) is 10.6. The summed E-state index contributed by atoms with van der Waals surface area (Å²) >= 11 is 0. The maximum Gasteiger partial charge on any atom is 0.229 e. The SMILES string of the molecule is Cc1ccc(NC(=O)CCc2ccc(C3CC3C)o2)cc1NS(C)(=O)=O. The van der Waals surface area contributed by atoms with Crippen molar-refractivity contribution in [2.24, 2.45) is 5.92 Å². The van der Waals surface area contributed by atoms with Crippen LogP contribution in [0.5, 0.6) is 0 Å². The minimum atomic E-state index is -3.37. The second kappa shape index (κ2) is 7.15. The summed E-state index contributed by atoms with van der Waals surface area (Å²) in [7, 11) is -3.37. The Morgan fingerprint density at radius 2 is 2.00 bits per heavy atom. The van der Waals surface area contributed by atoms with Crippen LogP contribution >= 0.6 is 0 Å². The van der Waals surface area contributed by atoms with E-state index < -0.39 is 10.0 Å². The molecule has 1 aliphatic rings. The molecule has 1 saturated carbocycles. The molecule has 1 aromatic carbocycles. The molecular weight excluding hydrogens is 352 g/mol. The Morgan fingerprint density at radius 1 is 1.27 bits per heavy atom. The van der Waals surface area contributed by atoms with Gasteiger partial charge >= 0.3 is 0 Å². The van der Waals surface area contributed by atoms with E-state index in [9.17, 15) is 13.2 Å². The van der Waals surface area contributed by atoms with E-state index in [0.717, 1.165) is 23.3 Å². The van der Waals surface area contributed by atoms with E-state index in [-0.39, 0.29) is 5.91 Å². The minimum absolute atomic E-state index is 0.142. The molecule has 1 amide bonds. The molecule has 1 heterocycles. The van der Waals surface area contributed by atoms with Crippen molar-refractivity contribution < 1.29 is 17.6 Å². The Balaban J connectivity index is 1.56. The van der Waals surface area contributed by atoms with Gasteiger partial charge in [-0.1, -0.05) is 13.0 Å². The van der Waals surface area contributed by atoms with E-state index in [1.807, 2.05) is 12.1 Å². The van der Waals surface area contributed by atoms with Gasteiger partial charge in [0.1, 0.15) is 11.5 Å². The molecule has 2 atom stereocenters. The van der Waals surface area contributed by atoms with Crippen LogP contribution in [0.4, 0.5) is 11.4 Å². The molecule has 140 valence electrons. The van der Waals surface area contributed by atoms with Crippen LogP contribution in [0.2, 0.25) is 0 Å². The quantitative estimate of drug-likeness (QED) is 0.772. The maximum absolute atomic E-state index is 12.2. The van der Waals surface area contributed by atoms with Crippen molar-refractivity contribution in [2.75, 3.05) is 16.3 Å². The van der Waals surface area contributed by atoms with Crippen LogP contribution in [0, 0.1) is 12.8 Å². The highest BCUT2D eigenvalue weighted by molar-refractivity contribution is 7.92. The van der Waals surface area contributed by atoms with Crippen molar-refractivity contribution in [1.82, 2.24) is 0 Å². The Labute approximate surface area is 154 Å². The average Bonchev–Trinajstić information content (AvgIpc) is 3.08. The van der Waals surface area contributed by atoms with E-state index in [4.69, 9.17) is 4.42 Å². The number of hydrogen-bond donors (Lipinski definition) is 2. The zero-order valence-electron chi connectivity index (χ0n) is 15.2. The van der Waals surface area contributed by atoms with Crippen molar-refractivity contribution >= 4 is 27.3 Å². The molecule has 6 nitrogen and oxygen atoms in total. The number of amides is 1. The third-order valence-corrected chi connectivity index (χ3v) is 5.16. The van der Waals surface area contributed by atoms with Gasteiger partial charge in [0, 0.05) is 24.4 Å². The predicted molar refractivity (Wildman–Crippen MR) is 102 cm³/mol. The molecule has 1 aromatic heterocycles. The molecule has 2 N–H and O–H groups in total. The minimum Gasteiger partial charge on any atom is -0.466 e. The van der Waals surface area contributed by atoms with Gasteiger partial charge in [-0.15, -0.1) is 0 Å². The van der Waals surface area contributed by atoms with E-state index in [1.54, 1.807) is 25.1 Å². The number of benzene rings is 1. The fourth-order valence-corrected chi connectivity index (χ4v) is 3.54. The highest BCUT2D eigenvalue weighted by atomic mass is 32.2. The van der Waals surface area contributed by atoms with Crippen LogP contribution < -0.4 is 10.0 Å². The number of carbonyl (C=O) groups is 1. The smallest absolute Gasteiger partial charge is 0.229 e. The second-order valence-corrected chi connectivity index (χ2v) is 8.82. The summed E-state index contributed by atoms with van der Waals surface area (Å²) in [6.45, 7) is 4.00. The monoisotopic (exact) mass is 376 g/mol. The number of rotatable bonds is 7. The Kier molecular flexibility index (Phi) is 5.09. The number of sulfonamides is 1. The van der Waals surface area contributed by atoms with E-state index in [0.29, 0.717) is 36.1 Å². The fourth-order valence-electron chi connectivity index (χ4n) is 2.92. The van der Waals surface area contributed by atoms with Crippen LogP contribution in [0.15, 0.2) is 34.7 Å². The van der Waals surface area contributed by atoms with Crippen LogP contribution in [0.25, 0.3) is 0 Å². The highest BCUT2D eigenvalue weighted by Gasteiger charge is 2.36. The van der Waals surface area contributed by atoms with Crippen molar-refractivity contribution in [3.05, 3.63) is 47.4 Å². The maximum atomic E-state index is 12.2. The summed E-state index contributed by atoms with van der Waals surface area (Å²) in [5.41, 5.74) is 1.80. The van der Waals surface area contributed by atoms with Crippen LogP contribution in [0.3, 0.4) is 0 Å². The van der Waals surface area contributed by atoms with E-state index in [2.05, 4.69) is 17.0 Å². The number of aryl methyl sites for hydroxylation is 2. The summed E-state index contributed by atoms with van der Waals surface area (Å²) in [5, 5.41) is 2.80. The van der Waals surface area contributed by atoms with Crippen molar-refractivity contribution in [1.29, 1.82) is 0 Å². The summed E-state index contributed by atoms with van der Waals surface area (Å²) in [6, 6.07) is 9.07. The second-order valence-electron chi connectivity index (χ2n) is 7.08. The number of nitrogens with one attached hydrogen (secondary N) is 2. The predicted octanol–water partition coefficient (Wildman–Crippen LogP) is 3.65. The molecule has 2 unspecified atom stereocenters. The molecule has 0 saturated heterocycles. The lowest BCUT2D eigenvalue weighted by molar-refractivity contribution is -0.116. The zero-order chi connectivity index (χ0) is 18.9. The third kappa shape index (κ3) is 4.88. The first-order valence-electron chi connectivity index (χ1n) is 8.68. The normalized spacial score (nSPS) is 19.2. The van der Waals surface area contributed by atoms with Gasteiger partial charge in [0.2, 0.25) is 15.9 Å². The van der Waals surface area contributed by atoms with E-state index in [1.165, 1.54) is 6.42 Å². The molecule has 0 spiro atoms. The Bertz CT molecular complexity index is 917. The van der Waals surface area contributed by atoms with Crippen LogP contribution in [-0.2, 0) is 21.2 Å². The fraction of sp³-hybridized carbons (Fsp3) is 0.421. The topological polar surface area (TPSA) is 88.4 Å². The van der Waals surface area contributed by atoms with Crippen molar-refractivity contribution in [3.8, 4) is 0 Å². The van der Waals surface area contributed by atoms with Gasteiger partial charge in [-0.2, -0.15) is 0 Å². The highest BCUT2D eigenvalue weighted by Crippen LogP contribution is 2.47.